The van der Waals surface area contributed by atoms with E-state index in [0.717, 1.165) is 11.2 Å². The quantitative estimate of drug-likeness (QED) is 0.781. The van der Waals surface area contributed by atoms with Crippen molar-refractivity contribution in [3.05, 3.63) is 46.4 Å². The highest BCUT2D eigenvalue weighted by Gasteiger charge is 2.14. The lowest BCUT2D eigenvalue weighted by atomic mass is 10.2. The Morgan fingerprint density at radius 1 is 1.19 bits per heavy atom. The number of nitrogens with two attached hydrogens (primary N) is 1. The molecule has 3 rings (SSSR count). The largest absolute Gasteiger partial charge is 0.492 e. The minimum absolute atomic E-state index is 0.357. The highest BCUT2D eigenvalue weighted by atomic mass is 35.5. The fraction of sp³-hybridized carbons (Fsp3) is 0.133. The third-order valence-electron chi connectivity index (χ3n) is 3.08. The summed E-state index contributed by atoms with van der Waals surface area (Å²) in [6.45, 7) is 2.49. The van der Waals surface area contributed by atoms with E-state index in [2.05, 4.69) is 4.98 Å². The maximum atomic E-state index is 6.07. The van der Waals surface area contributed by atoms with E-state index in [1.807, 2.05) is 25.1 Å². The molecule has 0 spiro atoms. The molecular formula is C15H13Cl2N3O. The van der Waals surface area contributed by atoms with Crippen molar-refractivity contribution in [3.8, 4) is 11.4 Å². The Morgan fingerprint density at radius 3 is 2.57 bits per heavy atom. The van der Waals surface area contributed by atoms with Gasteiger partial charge in [-0.1, -0.05) is 29.3 Å². The number of benzene rings is 2. The Hall–Kier alpha value is -1.91. The molecule has 0 radical (unpaired) electrons. The van der Waals surface area contributed by atoms with E-state index >= 15 is 0 Å². The molecule has 0 amide bonds. The van der Waals surface area contributed by atoms with Gasteiger partial charge in [-0.05, 0) is 37.3 Å². The van der Waals surface area contributed by atoms with Crippen molar-refractivity contribution in [1.29, 1.82) is 0 Å². The lowest BCUT2D eigenvalue weighted by Gasteiger charge is -2.08. The van der Waals surface area contributed by atoms with Crippen molar-refractivity contribution in [2.24, 2.45) is 0 Å². The number of anilines is 1. The summed E-state index contributed by atoms with van der Waals surface area (Å²) in [5.41, 5.74) is 8.39. The van der Waals surface area contributed by atoms with Gasteiger partial charge in [-0.2, -0.15) is 0 Å². The van der Waals surface area contributed by atoms with E-state index in [1.54, 1.807) is 22.8 Å². The van der Waals surface area contributed by atoms with Gasteiger partial charge in [-0.25, -0.2) is 4.98 Å². The van der Waals surface area contributed by atoms with Gasteiger partial charge >= 0.3 is 0 Å². The van der Waals surface area contributed by atoms with Gasteiger partial charge in [0.1, 0.15) is 11.3 Å². The summed E-state index contributed by atoms with van der Waals surface area (Å²) >= 11 is 12.1. The molecule has 0 aliphatic carbocycles. The number of imidazole rings is 1. The van der Waals surface area contributed by atoms with Crippen molar-refractivity contribution in [2.75, 3.05) is 12.3 Å². The number of aromatic nitrogens is 2. The molecule has 0 unspecified atom stereocenters. The van der Waals surface area contributed by atoms with E-state index < -0.39 is 0 Å². The Bertz CT molecular complexity index is 794. The number of rotatable bonds is 3. The van der Waals surface area contributed by atoms with Gasteiger partial charge < -0.3 is 10.5 Å². The van der Waals surface area contributed by atoms with Gasteiger partial charge in [-0.15, -0.1) is 0 Å². The molecule has 0 saturated carbocycles. The van der Waals surface area contributed by atoms with Crippen molar-refractivity contribution in [3.63, 3.8) is 0 Å². The number of nitrogens with zero attached hydrogens (tertiary/aromatic N) is 2. The molecule has 1 heterocycles. The van der Waals surface area contributed by atoms with Gasteiger partial charge in [0.25, 0.3) is 0 Å². The fourth-order valence-corrected chi connectivity index (χ4v) is 2.82. The molecule has 3 aromatic rings. The first-order valence-corrected chi connectivity index (χ1v) is 7.22. The van der Waals surface area contributed by atoms with E-state index in [4.69, 9.17) is 33.7 Å². The average Bonchev–Trinajstić information content (AvgIpc) is 2.75. The summed E-state index contributed by atoms with van der Waals surface area (Å²) in [6, 6.07) is 10.9. The smallest absolute Gasteiger partial charge is 0.206 e. The van der Waals surface area contributed by atoms with Gasteiger partial charge in [0, 0.05) is 10.0 Å². The van der Waals surface area contributed by atoms with Crippen molar-refractivity contribution < 1.29 is 4.74 Å². The maximum Gasteiger partial charge on any atom is 0.206 e. The predicted octanol–water partition coefficient (Wildman–Crippen LogP) is 4.31. The monoisotopic (exact) mass is 321 g/mol. The number of fused-ring (bicyclic) bond motifs is 1. The van der Waals surface area contributed by atoms with Gasteiger partial charge in [0.15, 0.2) is 0 Å². The molecule has 21 heavy (non-hydrogen) atoms. The van der Waals surface area contributed by atoms with Crippen LogP contribution in [0, 0.1) is 0 Å². The van der Waals surface area contributed by atoms with Crippen LogP contribution in [0.3, 0.4) is 0 Å². The van der Waals surface area contributed by atoms with Gasteiger partial charge in [-0.3, -0.25) is 4.57 Å². The molecule has 0 bridgehead atoms. The zero-order valence-electron chi connectivity index (χ0n) is 11.3. The Kier molecular flexibility index (Phi) is 3.66. The first-order valence-electron chi connectivity index (χ1n) is 6.46. The second-order valence-electron chi connectivity index (χ2n) is 4.49. The first kappa shape index (κ1) is 14.0. The topological polar surface area (TPSA) is 53.1 Å². The van der Waals surface area contributed by atoms with Crippen LogP contribution < -0.4 is 10.5 Å². The van der Waals surface area contributed by atoms with Crippen LogP contribution in [0.5, 0.6) is 5.75 Å². The molecular weight excluding hydrogens is 309 g/mol. The summed E-state index contributed by atoms with van der Waals surface area (Å²) in [5, 5.41) is 1.08. The van der Waals surface area contributed by atoms with Gasteiger partial charge in [0.2, 0.25) is 5.95 Å². The second-order valence-corrected chi connectivity index (χ2v) is 5.36. The van der Waals surface area contributed by atoms with E-state index in [0.29, 0.717) is 33.9 Å². The minimum atomic E-state index is 0.357. The van der Waals surface area contributed by atoms with Crippen LogP contribution in [0.25, 0.3) is 16.7 Å². The first-order chi connectivity index (χ1) is 10.1. The molecule has 1 aromatic heterocycles. The molecule has 0 fully saturated rings. The van der Waals surface area contributed by atoms with Crippen LogP contribution in [0.15, 0.2) is 36.4 Å². The molecule has 0 aliphatic rings. The number of hydrogen-bond donors (Lipinski definition) is 1. The highest BCUT2D eigenvalue weighted by molar-refractivity contribution is 6.34. The Labute approximate surface area is 132 Å². The summed E-state index contributed by atoms with van der Waals surface area (Å²) < 4.78 is 7.39. The van der Waals surface area contributed by atoms with Crippen LogP contribution in [0.4, 0.5) is 5.95 Å². The van der Waals surface area contributed by atoms with Crippen LogP contribution in [-0.4, -0.2) is 16.2 Å². The average molecular weight is 322 g/mol. The third kappa shape index (κ3) is 2.52. The van der Waals surface area contributed by atoms with Crippen molar-refractivity contribution >= 4 is 40.2 Å². The zero-order valence-corrected chi connectivity index (χ0v) is 12.8. The number of hydrogen-bond acceptors (Lipinski definition) is 3. The summed E-state index contributed by atoms with van der Waals surface area (Å²) in [7, 11) is 0. The summed E-state index contributed by atoms with van der Waals surface area (Å²) in [5.74, 6) is 1.06. The molecule has 6 heteroatoms. The SMILES string of the molecule is CCOc1cccc2c1nc(N)n2-c1cc(Cl)cc(Cl)c1. The van der Waals surface area contributed by atoms with E-state index in [-0.39, 0.29) is 0 Å². The second kappa shape index (κ2) is 5.47. The highest BCUT2D eigenvalue weighted by Crippen LogP contribution is 2.31. The van der Waals surface area contributed by atoms with Crippen LogP contribution in [0.2, 0.25) is 10.0 Å². The molecule has 0 saturated heterocycles. The minimum Gasteiger partial charge on any atom is -0.492 e. The van der Waals surface area contributed by atoms with E-state index in [1.165, 1.54) is 0 Å². The molecule has 108 valence electrons. The summed E-state index contributed by atoms with van der Waals surface area (Å²) in [6.07, 6.45) is 0. The lowest BCUT2D eigenvalue weighted by molar-refractivity contribution is 0.344. The normalized spacial score (nSPS) is 11.0. The number of nitrogen functional groups attached to an aromatic ring is 1. The molecule has 2 aromatic carbocycles. The third-order valence-corrected chi connectivity index (χ3v) is 3.52. The van der Waals surface area contributed by atoms with Crippen LogP contribution in [0.1, 0.15) is 6.92 Å². The van der Waals surface area contributed by atoms with Crippen LogP contribution in [-0.2, 0) is 0 Å². The van der Waals surface area contributed by atoms with Gasteiger partial charge in [0.05, 0.1) is 17.8 Å². The number of para-hydroxylation sites is 1. The van der Waals surface area contributed by atoms with E-state index in [9.17, 15) is 0 Å². The Balaban J connectivity index is 2.27. The van der Waals surface area contributed by atoms with Crippen molar-refractivity contribution in [1.82, 2.24) is 9.55 Å². The predicted molar refractivity (Wildman–Crippen MR) is 86.7 cm³/mol. The zero-order chi connectivity index (χ0) is 15.0. The molecule has 2 N–H and O–H groups in total. The summed E-state index contributed by atoms with van der Waals surface area (Å²) in [4.78, 5) is 4.40. The number of ether oxygens (including phenoxy) is 1. The fourth-order valence-electron chi connectivity index (χ4n) is 2.30. The molecule has 0 atom stereocenters. The molecule has 4 nitrogen and oxygen atoms in total. The Morgan fingerprint density at radius 2 is 1.90 bits per heavy atom. The van der Waals surface area contributed by atoms with Crippen LogP contribution >= 0.6 is 23.2 Å². The maximum absolute atomic E-state index is 6.07. The lowest BCUT2D eigenvalue weighted by Crippen LogP contribution is -2.00. The standard InChI is InChI=1S/C15H13Cl2N3O/c1-2-21-13-5-3-4-12-14(13)19-15(18)20(12)11-7-9(16)6-10(17)8-11/h3-8H,2H2,1H3,(H2,18,19). The van der Waals surface area contributed by atoms with Crippen molar-refractivity contribution in [2.45, 2.75) is 6.92 Å². The number of halogens is 2. The molecule has 0 aliphatic heterocycles.